The lowest BCUT2D eigenvalue weighted by Crippen LogP contribution is -2.50. The van der Waals surface area contributed by atoms with Gasteiger partial charge in [0, 0.05) is 28.6 Å². The van der Waals surface area contributed by atoms with Gasteiger partial charge in [0.25, 0.3) is 5.91 Å². The number of amides is 2. The minimum Gasteiger partial charge on any atom is -0.497 e. The highest BCUT2D eigenvalue weighted by Crippen LogP contribution is 2.47. The van der Waals surface area contributed by atoms with E-state index in [2.05, 4.69) is 5.32 Å². The molecular weight excluding hydrogens is 460 g/mol. The number of ether oxygens (including phenoxy) is 2. The Morgan fingerprint density at radius 2 is 1.86 bits per heavy atom. The highest BCUT2D eigenvalue weighted by Gasteiger charge is 2.47. The van der Waals surface area contributed by atoms with Gasteiger partial charge < -0.3 is 19.7 Å². The standard InChI is InChI=1S/C28H30N2O4S/c1-33-20-13-14-23(34-2)18(16-20)17-29-27(31)25-21-10-5-6-11-22(21)28(32)30(19-8-3-4-9-19)26(25)24-12-7-15-35-24/h5-7,10-16,19,25-26H,3-4,8-9,17H2,1-2H3,(H,29,31). The largest absolute Gasteiger partial charge is 0.497 e. The monoisotopic (exact) mass is 490 g/mol. The Hall–Kier alpha value is -3.32. The maximum absolute atomic E-state index is 13.9. The SMILES string of the molecule is COc1ccc(OC)c(CNC(=O)C2c3ccccc3C(=O)N(C3CCCC3)C2c2cccs2)c1. The van der Waals surface area contributed by atoms with Gasteiger partial charge in [-0.05, 0) is 54.1 Å². The Morgan fingerprint density at radius 1 is 1.06 bits per heavy atom. The molecule has 1 fully saturated rings. The number of carbonyl (C=O) groups is 2. The van der Waals surface area contributed by atoms with Gasteiger partial charge in [0.2, 0.25) is 5.91 Å². The predicted octanol–water partition coefficient (Wildman–Crippen LogP) is 5.31. The summed E-state index contributed by atoms with van der Waals surface area (Å²) in [4.78, 5) is 30.8. The topological polar surface area (TPSA) is 67.9 Å². The number of nitrogens with zero attached hydrogens (tertiary/aromatic N) is 1. The summed E-state index contributed by atoms with van der Waals surface area (Å²) >= 11 is 1.60. The Balaban J connectivity index is 1.53. The van der Waals surface area contributed by atoms with Crippen LogP contribution in [0, 0.1) is 0 Å². The van der Waals surface area contributed by atoms with E-state index in [9.17, 15) is 9.59 Å². The van der Waals surface area contributed by atoms with E-state index >= 15 is 0 Å². The Morgan fingerprint density at radius 3 is 2.57 bits per heavy atom. The van der Waals surface area contributed by atoms with E-state index in [4.69, 9.17) is 9.47 Å². The van der Waals surface area contributed by atoms with E-state index < -0.39 is 5.92 Å². The summed E-state index contributed by atoms with van der Waals surface area (Å²) < 4.78 is 10.9. The summed E-state index contributed by atoms with van der Waals surface area (Å²) in [5.74, 6) is 0.820. The molecular formula is C28H30N2O4S. The first-order chi connectivity index (χ1) is 17.1. The summed E-state index contributed by atoms with van der Waals surface area (Å²) in [5, 5.41) is 5.16. The van der Waals surface area contributed by atoms with E-state index in [-0.39, 0.29) is 23.9 Å². The number of thiophene rings is 1. The third kappa shape index (κ3) is 4.41. The number of hydrogen-bond donors (Lipinski definition) is 1. The van der Waals surface area contributed by atoms with Crippen LogP contribution in [0.3, 0.4) is 0 Å². The lowest BCUT2D eigenvalue weighted by Gasteiger charge is -2.44. The molecule has 0 saturated heterocycles. The third-order valence-corrected chi connectivity index (χ3v) is 8.10. The second-order valence-corrected chi connectivity index (χ2v) is 10.1. The van der Waals surface area contributed by atoms with Crippen molar-refractivity contribution in [2.75, 3.05) is 14.2 Å². The maximum atomic E-state index is 13.9. The molecule has 182 valence electrons. The Labute approximate surface area is 209 Å². The molecule has 1 saturated carbocycles. The first-order valence-corrected chi connectivity index (χ1v) is 12.9. The van der Waals surface area contributed by atoms with Gasteiger partial charge >= 0.3 is 0 Å². The van der Waals surface area contributed by atoms with Gasteiger partial charge in [0.1, 0.15) is 11.5 Å². The minimum absolute atomic E-state index is 0.0319. The molecule has 0 spiro atoms. The maximum Gasteiger partial charge on any atom is 0.254 e. The van der Waals surface area contributed by atoms with Gasteiger partial charge in [-0.3, -0.25) is 9.59 Å². The fourth-order valence-electron chi connectivity index (χ4n) is 5.49. The molecule has 1 aliphatic carbocycles. The zero-order chi connectivity index (χ0) is 24.4. The molecule has 35 heavy (non-hydrogen) atoms. The van der Waals surface area contributed by atoms with Crippen molar-refractivity contribution in [1.82, 2.24) is 10.2 Å². The quantitative estimate of drug-likeness (QED) is 0.488. The van der Waals surface area contributed by atoms with Crippen LogP contribution in [0.4, 0.5) is 0 Å². The van der Waals surface area contributed by atoms with Gasteiger partial charge in [-0.15, -0.1) is 11.3 Å². The van der Waals surface area contributed by atoms with Crippen LogP contribution in [0.5, 0.6) is 11.5 Å². The molecule has 1 N–H and O–H groups in total. The van der Waals surface area contributed by atoms with Gasteiger partial charge in [-0.1, -0.05) is 37.1 Å². The second kappa shape index (κ2) is 10.1. The summed E-state index contributed by atoms with van der Waals surface area (Å²) in [5.41, 5.74) is 2.26. The van der Waals surface area contributed by atoms with Crippen LogP contribution >= 0.6 is 11.3 Å². The van der Waals surface area contributed by atoms with Crippen molar-refractivity contribution in [3.05, 3.63) is 81.5 Å². The number of hydrogen-bond acceptors (Lipinski definition) is 5. The van der Waals surface area contributed by atoms with Crippen molar-refractivity contribution in [3.8, 4) is 11.5 Å². The van der Waals surface area contributed by atoms with Crippen molar-refractivity contribution in [3.63, 3.8) is 0 Å². The van der Waals surface area contributed by atoms with E-state index in [1.165, 1.54) is 0 Å². The Kier molecular flexibility index (Phi) is 6.77. The molecule has 1 aromatic heterocycles. The molecule has 2 unspecified atom stereocenters. The molecule has 0 bridgehead atoms. The Bertz CT molecular complexity index is 1200. The molecule has 1 aliphatic heterocycles. The average molecular weight is 491 g/mol. The summed E-state index contributed by atoms with van der Waals surface area (Å²) in [6.45, 7) is 0.298. The number of methoxy groups -OCH3 is 2. The predicted molar refractivity (Wildman–Crippen MR) is 136 cm³/mol. The van der Waals surface area contributed by atoms with Crippen LogP contribution in [0.1, 0.15) is 64.0 Å². The molecule has 0 radical (unpaired) electrons. The molecule has 6 nitrogen and oxygen atoms in total. The lowest BCUT2D eigenvalue weighted by atomic mass is 9.80. The van der Waals surface area contributed by atoms with Crippen molar-refractivity contribution >= 4 is 23.2 Å². The van der Waals surface area contributed by atoms with Gasteiger partial charge in [-0.2, -0.15) is 0 Å². The number of benzene rings is 2. The van der Waals surface area contributed by atoms with Crippen molar-refractivity contribution in [2.24, 2.45) is 0 Å². The summed E-state index contributed by atoms with van der Waals surface area (Å²) in [7, 11) is 3.23. The van der Waals surface area contributed by atoms with E-state index in [1.807, 2.05) is 64.9 Å². The second-order valence-electron chi connectivity index (χ2n) is 9.07. The smallest absolute Gasteiger partial charge is 0.254 e. The zero-order valence-electron chi connectivity index (χ0n) is 20.0. The van der Waals surface area contributed by atoms with E-state index in [0.29, 0.717) is 23.6 Å². The number of fused-ring (bicyclic) bond motifs is 1. The van der Waals surface area contributed by atoms with Gasteiger partial charge in [0.15, 0.2) is 0 Å². The number of nitrogens with one attached hydrogen (secondary N) is 1. The molecule has 2 atom stereocenters. The highest BCUT2D eigenvalue weighted by molar-refractivity contribution is 7.10. The van der Waals surface area contributed by atoms with E-state index in [0.717, 1.165) is 41.7 Å². The molecule has 2 amide bonds. The first kappa shape index (κ1) is 23.4. The average Bonchev–Trinajstić information content (AvgIpc) is 3.62. The van der Waals surface area contributed by atoms with Crippen molar-refractivity contribution in [1.29, 1.82) is 0 Å². The molecule has 2 aromatic carbocycles. The minimum atomic E-state index is -0.500. The fourth-order valence-corrected chi connectivity index (χ4v) is 6.35. The van der Waals surface area contributed by atoms with Crippen LogP contribution in [-0.2, 0) is 11.3 Å². The fraction of sp³-hybridized carbons (Fsp3) is 0.357. The summed E-state index contributed by atoms with van der Waals surface area (Å²) in [6, 6.07) is 17.0. The third-order valence-electron chi connectivity index (χ3n) is 7.15. The van der Waals surface area contributed by atoms with Crippen molar-refractivity contribution in [2.45, 2.75) is 50.2 Å². The van der Waals surface area contributed by atoms with Crippen LogP contribution in [0.25, 0.3) is 0 Å². The van der Waals surface area contributed by atoms with E-state index in [1.54, 1.807) is 25.6 Å². The number of rotatable bonds is 7. The molecule has 7 heteroatoms. The van der Waals surface area contributed by atoms with Crippen LogP contribution in [0.15, 0.2) is 60.0 Å². The van der Waals surface area contributed by atoms with Crippen molar-refractivity contribution < 1.29 is 19.1 Å². The zero-order valence-corrected chi connectivity index (χ0v) is 20.8. The van der Waals surface area contributed by atoms with Crippen LogP contribution < -0.4 is 14.8 Å². The molecule has 2 heterocycles. The van der Waals surface area contributed by atoms with Gasteiger partial charge in [-0.25, -0.2) is 0 Å². The van der Waals surface area contributed by atoms with Crippen LogP contribution in [-0.4, -0.2) is 37.0 Å². The normalized spacial score (nSPS) is 19.9. The first-order valence-electron chi connectivity index (χ1n) is 12.1. The molecule has 2 aliphatic rings. The molecule has 3 aromatic rings. The van der Waals surface area contributed by atoms with Gasteiger partial charge in [0.05, 0.1) is 26.2 Å². The molecule has 5 rings (SSSR count). The van der Waals surface area contributed by atoms with Crippen LogP contribution in [0.2, 0.25) is 0 Å². The highest BCUT2D eigenvalue weighted by atomic mass is 32.1. The summed E-state index contributed by atoms with van der Waals surface area (Å²) in [6.07, 6.45) is 4.18. The lowest BCUT2D eigenvalue weighted by molar-refractivity contribution is -0.124. The number of carbonyl (C=O) groups excluding carboxylic acids is 2.